The minimum atomic E-state index is -5.22. The first kappa shape index (κ1) is 87.4. The first-order chi connectivity index (χ1) is 51.3. The summed E-state index contributed by atoms with van der Waals surface area (Å²) in [5, 5.41) is 8.46. The second-order valence-electron chi connectivity index (χ2n) is 32.3. The molecule has 33 heteroatoms. The van der Waals surface area contributed by atoms with Crippen LogP contribution < -0.4 is 16.0 Å². The van der Waals surface area contributed by atoms with Gasteiger partial charge in [0.15, 0.2) is 0 Å². The topological polar surface area (TPSA) is 279 Å². The monoisotopic (exact) mass is 1560 g/mol. The lowest BCUT2D eigenvalue weighted by atomic mass is 9.74. The molecule has 0 aromatic carbocycles. The number of likely N-dealkylation sites (N-methyl/N-ethyl adjacent to an activating group) is 7. The fourth-order valence-electron chi connectivity index (χ4n) is 17.6. The van der Waals surface area contributed by atoms with Crippen molar-refractivity contribution in [3.8, 4) is 0 Å². The van der Waals surface area contributed by atoms with Crippen molar-refractivity contribution in [2.75, 3.05) is 88.7 Å². The van der Waals surface area contributed by atoms with Crippen molar-refractivity contribution in [1.82, 2.24) is 60.0 Å². The van der Waals surface area contributed by atoms with Gasteiger partial charge in [-0.2, -0.15) is 26.3 Å². The molecule has 1 spiro atoms. The third kappa shape index (κ3) is 20.9. The lowest BCUT2D eigenvalue weighted by molar-refractivity contribution is -0.219. The van der Waals surface area contributed by atoms with Crippen molar-refractivity contribution in [3.63, 3.8) is 0 Å². The number of rotatable bonds is 14. The van der Waals surface area contributed by atoms with Gasteiger partial charge in [0.05, 0.1) is 31.5 Å². The molecule has 2 saturated heterocycles. The summed E-state index contributed by atoms with van der Waals surface area (Å²) >= 11 is 0. The van der Waals surface area contributed by atoms with Crippen LogP contribution in [0.4, 0.5) is 35.1 Å². The van der Waals surface area contributed by atoms with Gasteiger partial charge in [-0.25, -0.2) is 8.78 Å². The summed E-state index contributed by atoms with van der Waals surface area (Å²) in [5.41, 5.74) is -1.69. The molecule has 3 aliphatic heterocycles. The Morgan fingerprint density at radius 1 is 0.633 bits per heavy atom. The van der Waals surface area contributed by atoms with E-state index in [1.165, 1.54) is 73.8 Å². The van der Waals surface area contributed by atoms with Gasteiger partial charge in [-0.15, -0.1) is 0 Å². The third-order valence-electron chi connectivity index (χ3n) is 24.7. The van der Waals surface area contributed by atoms with Crippen molar-refractivity contribution in [2.24, 2.45) is 41.4 Å². The van der Waals surface area contributed by atoms with E-state index in [1.54, 1.807) is 32.9 Å². The normalized spacial score (nSPS) is 32.4. The number of amides is 12. The van der Waals surface area contributed by atoms with Gasteiger partial charge < -0.3 is 64.8 Å². The summed E-state index contributed by atoms with van der Waals surface area (Å²) in [6.45, 7) is 5.35. The third-order valence-corrected chi connectivity index (χ3v) is 24.7. The van der Waals surface area contributed by atoms with Crippen LogP contribution in [0.25, 0.3) is 0 Å². The summed E-state index contributed by atoms with van der Waals surface area (Å²) in [4.78, 5) is 192. The number of hydrogen-bond acceptors (Lipinski definition) is 13. The quantitative estimate of drug-likeness (QED) is 0.124. The predicted octanol–water partition coefficient (Wildman–Crippen LogP) is 6.50. The minimum Gasteiger partial charge on any atom is -0.377 e. The number of nitrogens with zero attached hydrogens (tertiary/aromatic N) is 9. The highest BCUT2D eigenvalue weighted by atomic mass is 19.4. The minimum absolute atomic E-state index is 0.00210. The molecule has 25 nitrogen and oxygen atoms in total. The van der Waals surface area contributed by atoms with Crippen molar-refractivity contribution in [1.29, 1.82) is 0 Å². The second kappa shape index (κ2) is 37.4. The number of halogens is 8. The van der Waals surface area contributed by atoms with Crippen LogP contribution in [0.5, 0.6) is 0 Å². The van der Waals surface area contributed by atoms with Crippen LogP contribution in [0.3, 0.4) is 0 Å². The fraction of sp³-hybridized carbons (Fsp3) is 0.816. The molecule has 8 aliphatic rings. The van der Waals surface area contributed by atoms with Crippen molar-refractivity contribution >= 4 is 70.9 Å². The number of carbonyl (C=O) groups is 12. The van der Waals surface area contributed by atoms with E-state index in [0.717, 1.165) is 19.6 Å². The average Bonchev–Trinajstić information content (AvgIpc) is 1.67. The molecule has 5 saturated carbocycles. The highest BCUT2D eigenvalue weighted by molar-refractivity contribution is 6.01. The zero-order chi connectivity index (χ0) is 80.5. The Labute approximate surface area is 634 Å². The molecule has 0 radical (unpaired) electrons. The summed E-state index contributed by atoms with van der Waals surface area (Å²) in [7, 11) is 9.62. The largest absolute Gasteiger partial charge is 0.397 e. The molecule has 3 N–H and O–H groups in total. The van der Waals surface area contributed by atoms with Gasteiger partial charge in [0.2, 0.25) is 70.9 Å². The molecule has 0 aromatic heterocycles. The van der Waals surface area contributed by atoms with Crippen molar-refractivity contribution in [3.05, 3.63) is 12.2 Å². The van der Waals surface area contributed by atoms with Gasteiger partial charge >= 0.3 is 12.4 Å². The second-order valence-corrected chi connectivity index (χ2v) is 32.3. The van der Waals surface area contributed by atoms with E-state index >= 15 is 42.3 Å². The van der Waals surface area contributed by atoms with Crippen LogP contribution >= 0.6 is 0 Å². The SMILES string of the molecule is CCCN(C)C(=O)[C@@H]1CC(=O)N(C)[C@@H](C2CC2)C(=O)N[C@@H]([C@@H](C)CC)C(=O)N(C)CC(=O)N(C)[C@H]2C/C=C\CCN(C2=O)[C@@H](CC2CCC(C(F)(F)F)CC2)C(=O)N(C)CC(=O)N[C@@H](CCC2CC(F)C(C(F)(F)F)C(F)C2)C(=O)N2C[C@H](OCC)C[C@H]2C(=O)NC2(CCC2)C(=O)N(C)[C@@H](C2CCCC2)C(=O)N1C. The van der Waals surface area contributed by atoms with Gasteiger partial charge in [0.25, 0.3) is 0 Å². The van der Waals surface area contributed by atoms with Gasteiger partial charge in [-0.05, 0) is 159 Å². The molecule has 109 heavy (non-hydrogen) atoms. The molecule has 2 bridgehead atoms. The van der Waals surface area contributed by atoms with E-state index in [9.17, 15) is 50.3 Å². The number of ether oxygens (including phenoxy) is 1. The highest BCUT2D eigenvalue weighted by Gasteiger charge is 2.57. The fourth-order valence-corrected chi connectivity index (χ4v) is 17.6. The Hall–Kier alpha value is -7.22. The van der Waals surface area contributed by atoms with Crippen LogP contribution in [-0.2, 0) is 62.3 Å². The van der Waals surface area contributed by atoms with Gasteiger partial charge in [-0.3, -0.25) is 57.5 Å². The van der Waals surface area contributed by atoms with Crippen LogP contribution in [0, 0.1) is 41.4 Å². The maximum atomic E-state index is 15.6. The van der Waals surface area contributed by atoms with E-state index in [4.69, 9.17) is 4.74 Å². The zero-order valence-electron chi connectivity index (χ0n) is 65.1. The molecule has 12 atom stereocenters. The number of hydrogen-bond donors (Lipinski definition) is 3. The van der Waals surface area contributed by atoms with Gasteiger partial charge in [0, 0.05) is 82.0 Å². The van der Waals surface area contributed by atoms with E-state index in [-0.39, 0.29) is 103 Å². The smallest absolute Gasteiger partial charge is 0.377 e. The summed E-state index contributed by atoms with van der Waals surface area (Å²) in [5.74, 6) is -16.9. The van der Waals surface area contributed by atoms with Crippen LogP contribution in [-0.4, -0.2) is 288 Å². The van der Waals surface area contributed by atoms with Crippen molar-refractivity contribution in [2.45, 2.75) is 266 Å². The molecule has 2 unspecified atom stereocenters. The first-order valence-corrected chi connectivity index (χ1v) is 39.3. The van der Waals surface area contributed by atoms with Crippen LogP contribution in [0.15, 0.2) is 12.2 Å². The Bertz CT molecular complexity index is 3280. The molecule has 8 rings (SSSR count). The first-order valence-electron chi connectivity index (χ1n) is 39.3. The predicted molar refractivity (Wildman–Crippen MR) is 384 cm³/mol. The summed E-state index contributed by atoms with van der Waals surface area (Å²) in [6, 6.07) is -11.2. The van der Waals surface area contributed by atoms with E-state index in [1.807, 2.05) is 6.92 Å². The Kier molecular flexibility index (Phi) is 30.0. The molecular weight excluding hydrogens is 1440 g/mol. The number of nitrogens with one attached hydrogen (secondary N) is 3. The van der Waals surface area contributed by atoms with E-state index in [2.05, 4.69) is 16.0 Å². The number of alkyl halides is 8. The average molecular weight is 1560 g/mol. The Morgan fingerprint density at radius 2 is 1.26 bits per heavy atom. The number of fused-ring (bicyclic) bond motifs is 3. The van der Waals surface area contributed by atoms with Crippen molar-refractivity contribution < 1.29 is 97.4 Å². The highest BCUT2D eigenvalue weighted by Crippen LogP contribution is 2.46. The maximum Gasteiger partial charge on any atom is 0.397 e. The van der Waals surface area contributed by atoms with Crippen LogP contribution in [0.1, 0.15) is 182 Å². The Morgan fingerprint density at radius 3 is 1.83 bits per heavy atom. The summed E-state index contributed by atoms with van der Waals surface area (Å²) in [6.07, 6.45) is -11.6. The Balaban J connectivity index is 1.20. The number of carbonyl (C=O) groups excluding carboxylic acids is 12. The van der Waals surface area contributed by atoms with E-state index < -0.39 is 230 Å². The molecule has 0 aromatic rings. The molecule has 7 fully saturated rings. The molecule has 3 heterocycles. The van der Waals surface area contributed by atoms with Gasteiger partial charge in [-0.1, -0.05) is 52.2 Å². The molecule has 12 amide bonds. The summed E-state index contributed by atoms with van der Waals surface area (Å²) < 4.78 is 121. The standard InChI is InChI=1S/C76H116F8N12O13/c1-12-34-88(5)68(103)56-40-59(98)93(10)63(48-27-28-48)66(101)86-62(44(4)13-2)71(106)90(7)43-60(99)91(8)54-23-16-15-19-35-95(70(54)105)57(38-45-24-29-49(30-25-45)75(79,80)81)69(104)89(6)42-58(97)85-53(31-26-46-36-51(77)61(52(78)37-46)76(82,83)84)67(102)96-41-50(109-14-3)39-55(96)65(100)87-74(32-20-33-74)73(108)94(11)64(72(107)92(56)9)47-21-17-18-22-47/h15-16,44-57,61-64H,12-14,17-43H2,1-11H3,(H,85,97)(H,86,101)(H,87,100)/b16-15-/t44-,45?,46?,49?,50+,51?,52?,53-,54-,55-,56-,57-,61?,62-,63-,64-/m0/s1. The zero-order valence-corrected chi connectivity index (χ0v) is 65.1. The molecule has 5 aliphatic carbocycles. The molecular formula is C76H116F8N12O13. The van der Waals surface area contributed by atoms with Gasteiger partial charge in [0.1, 0.15) is 72.1 Å². The maximum absolute atomic E-state index is 15.6. The lowest BCUT2D eigenvalue weighted by Gasteiger charge is -2.46. The van der Waals surface area contributed by atoms with E-state index in [0.29, 0.717) is 57.8 Å². The lowest BCUT2D eigenvalue weighted by Crippen LogP contribution is -2.68. The van der Waals surface area contributed by atoms with Crippen LogP contribution in [0.2, 0.25) is 0 Å². The molecule has 614 valence electrons.